The Bertz CT molecular complexity index is 459. The number of rotatable bonds is 3. The van der Waals surface area contributed by atoms with Crippen molar-refractivity contribution in [2.45, 2.75) is 13.5 Å². The van der Waals surface area contributed by atoms with Crippen molar-refractivity contribution in [2.75, 3.05) is 0 Å². The Balaban J connectivity index is 1.95. The Morgan fingerprint density at radius 2 is 2.00 bits per heavy atom. The average Bonchev–Trinajstić information content (AvgIpc) is 2.80. The zero-order valence-corrected chi connectivity index (χ0v) is 9.88. The van der Waals surface area contributed by atoms with Gasteiger partial charge in [-0.15, -0.1) is 0 Å². The first kappa shape index (κ1) is 10.9. The van der Waals surface area contributed by atoms with E-state index in [1.54, 1.807) is 11.3 Å². The summed E-state index contributed by atoms with van der Waals surface area (Å²) in [4.78, 5) is 11.7. The predicted molar refractivity (Wildman–Crippen MR) is 66.7 cm³/mol. The Hall–Kier alpha value is -1.61. The maximum atomic E-state index is 11.7. The lowest BCUT2D eigenvalue weighted by Gasteiger charge is -2.03. The molecule has 0 radical (unpaired) electrons. The number of carbonyl (C=O) groups excluding carboxylic acids is 1. The Kier molecular flexibility index (Phi) is 3.37. The molecule has 16 heavy (non-hydrogen) atoms. The van der Waals surface area contributed by atoms with Crippen LogP contribution in [0, 0.1) is 6.92 Å². The summed E-state index contributed by atoms with van der Waals surface area (Å²) >= 11 is 1.64. The smallest absolute Gasteiger partial charge is 0.251 e. The third-order valence-electron chi connectivity index (χ3n) is 2.35. The molecule has 1 N–H and O–H groups in total. The first-order valence-electron chi connectivity index (χ1n) is 5.11. The van der Waals surface area contributed by atoms with Crippen molar-refractivity contribution < 1.29 is 4.79 Å². The van der Waals surface area contributed by atoms with Crippen LogP contribution in [-0.4, -0.2) is 5.91 Å². The normalized spacial score (nSPS) is 10.1. The molecule has 2 nitrogen and oxygen atoms in total. The van der Waals surface area contributed by atoms with E-state index >= 15 is 0 Å². The van der Waals surface area contributed by atoms with Crippen molar-refractivity contribution in [3.8, 4) is 0 Å². The van der Waals surface area contributed by atoms with E-state index in [1.807, 2.05) is 48.0 Å². The highest BCUT2D eigenvalue weighted by molar-refractivity contribution is 7.07. The number of thiophene rings is 1. The number of benzene rings is 1. The van der Waals surface area contributed by atoms with Crippen LogP contribution in [0.2, 0.25) is 0 Å². The quantitative estimate of drug-likeness (QED) is 0.864. The molecule has 3 heteroatoms. The third-order valence-corrected chi connectivity index (χ3v) is 3.08. The van der Waals surface area contributed by atoms with E-state index in [2.05, 4.69) is 5.32 Å². The second kappa shape index (κ2) is 4.94. The number of carbonyl (C=O) groups is 1. The van der Waals surface area contributed by atoms with Crippen molar-refractivity contribution in [3.05, 3.63) is 57.8 Å². The van der Waals surface area contributed by atoms with Crippen LogP contribution in [0.1, 0.15) is 21.5 Å². The van der Waals surface area contributed by atoms with E-state index in [1.165, 1.54) is 0 Å². The SMILES string of the molecule is Cc1ccc(C(=O)NCc2ccsc2)cc1. The molecule has 0 fully saturated rings. The van der Waals surface area contributed by atoms with E-state index in [9.17, 15) is 4.79 Å². The molecule has 0 saturated carbocycles. The summed E-state index contributed by atoms with van der Waals surface area (Å²) in [5.74, 6) is -0.0220. The van der Waals surface area contributed by atoms with Crippen LogP contribution in [0.4, 0.5) is 0 Å². The summed E-state index contributed by atoms with van der Waals surface area (Å²) in [6.07, 6.45) is 0. The zero-order valence-electron chi connectivity index (χ0n) is 9.07. The minimum Gasteiger partial charge on any atom is -0.348 e. The van der Waals surface area contributed by atoms with E-state index in [4.69, 9.17) is 0 Å². The van der Waals surface area contributed by atoms with Crippen LogP contribution in [-0.2, 0) is 6.54 Å². The molecule has 0 saturated heterocycles. The van der Waals surface area contributed by atoms with Gasteiger partial charge in [-0.05, 0) is 41.4 Å². The van der Waals surface area contributed by atoms with Crippen LogP contribution in [0.3, 0.4) is 0 Å². The van der Waals surface area contributed by atoms with Gasteiger partial charge in [-0.3, -0.25) is 4.79 Å². The largest absolute Gasteiger partial charge is 0.348 e. The van der Waals surface area contributed by atoms with E-state index in [0.29, 0.717) is 12.1 Å². The monoisotopic (exact) mass is 231 g/mol. The van der Waals surface area contributed by atoms with E-state index < -0.39 is 0 Å². The molecule has 2 rings (SSSR count). The predicted octanol–water partition coefficient (Wildman–Crippen LogP) is 2.99. The van der Waals surface area contributed by atoms with Crippen LogP contribution in [0.25, 0.3) is 0 Å². The van der Waals surface area contributed by atoms with Gasteiger partial charge in [0.2, 0.25) is 0 Å². The van der Waals surface area contributed by atoms with Crippen LogP contribution in [0.15, 0.2) is 41.1 Å². The lowest BCUT2D eigenvalue weighted by molar-refractivity contribution is 0.0951. The summed E-state index contributed by atoms with van der Waals surface area (Å²) < 4.78 is 0. The van der Waals surface area contributed by atoms with Gasteiger partial charge < -0.3 is 5.32 Å². The second-order valence-corrected chi connectivity index (χ2v) is 4.46. The average molecular weight is 231 g/mol. The fourth-order valence-electron chi connectivity index (χ4n) is 1.38. The molecule has 0 aliphatic heterocycles. The lowest BCUT2D eigenvalue weighted by Crippen LogP contribution is -2.22. The molecule has 0 aliphatic rings. The van der Waals surface area contributed by atoms with Crippen molar-refractivity contribution in [2.24, 2.45) is 0 Å². The van der Waals surface area contributed by atoms with Gasteiger partial charge in [0.25, 0.3) is 5.91 Å². The Morgan fingerprint density at radius 1 is 1.25 bits per heavy atom. The van der Waals surface area contributed by atoms with Gasteiger partial charge in [0.05, 0.1) is 0 Å². The number of amides is 1. The minimum atomic E-state index is -0.0220. The number of hydrogen-bond donors (Lipinski definition) is 1. The van der Waals surface area contributed by atoms with Crippen molar-refractivity contribution in [1.29, 1.82) is 0 Å². The van der Waals surface area contributed by atoms with Crippen molar-refractivity contribution in [3.63, 3.8) is 0 Å². The van der Waals surface area contributed by atoms with E-state index in [-0.39, 0.29) is 5.91 Å². The topological polar surface area (TPSA) is 29.1 Å². The molecule has 0 spiro atoms. The van der Waals surface area contributed by atoms with Crippen molar-refractivity contribution >= 4 is 17.2 Å². The van der Waals surface area contributed by atoms with Gasteiger partial charge in [0, 0.05) is 12.1 Å². The number of hydrogen-bond acceptors (Lipinski definition) is 2. The second-order valence-electron chi connectivity index (χ2n) is 3.68. The molecule has 1 aromatic heterocycles. The highest BCUT2D eigenvalue weighted by Crippen LogP contribution is 2.06. The molecule has 0 atom stereocenters. The zero-order chi connectivity index (χ0) is 11.4. The first-order chi connectivity index (χ1) is 7.75. The molecule has 0 bridgehead atoms. The molecule has 82 valence electrons. The molecule has 0 unspecified atom stereocenters. The third kappa shape index (κ3) is 2.70. The van der Waals surface area contributed by atoms with E-state index in [0.717, 1.165) is 11.1 Å². The van der Waals surface area contributed by atoms with Gasteiger partial charge in [0.1, 0.15) is 0 Å². The molecule has 0 aliphatic carbocycles. The standard InChI is InChI=1S/C13H13NOS/c1-10-2-4-12(5-3-10)13(15)14-8-11-6-7-16-9-11/h2-7,9H,8H2,1H3,(H,14,15). The minimum absolute atomic E-state index is 0.0220. The van der Waals surface area contributed by atoms with Crippen molar-refractivity contribution in [1.82, 2.24) is 5.32 Å². The summed E-state index contributed by atoms with van der Waals surface area (Å²) in [7, 11) is 0. The molecule has 1 amide bonds. The Morgan fingerprint density at radius 3 is 2.62 bits per heavy atom. The molecule has 1 aromatic carbocycles. The van der Waals surface area contributed by atoms with Gasteiger partial charge in [-0.2, -0.15) is 11.3 Å². The van der Waals surface area contributed by atoms with Gasteiger partial charge >= 0.3 is 0 Å². The molecule has 1 heterocycles. The maximum absolute atomic E-state index is 11.7. The maximum Gasteiger partial charge on any atom is 0.251 e. The molecular formula is C13H13NOS. The summed E-state index contributed by atoms with van der Waals surface area (Å²) in [5, 5.41) is 6.93. The molecule has 2 aromatic rings. The highest BCUT2D eigenvalue weighted by Gasteiger charge is 2.04. The van der Waals surface area contributed by atoms with Gasteiger partial charge in [0.15, 0.2) is 0 Å². The fourth-order valence-corrected chi connectivity index (χ4v) is 2.05. The van der Waals surface area contributed by atoms with Crippen LogP contribution < -0.4 is 5.32 Å². The molecular weight excluding hydrogens is 218 g/mol. The summed E-state index contributed by atoms with van der Waals surface area (Å²) in [6, 6.07) is 9.59. The van der Waals surface area contributed by atoms with Crippen LogP contribution >= 0.6 is 11.3 Å². The number of aryl methyl sites for hydroxylation is 1. The lowest BCUT2D eigenvalue weighted by atomic mass is 10.1. The van der Waals surface area contributed by atoms with Crippen LogP contribution in [0.5, 0.6) is 0 Å². The Labute approximate surface area is 98.9 Å². The fraction of sp³-hybridized carbons (Fsp3) is 0.154. The summed E-state index contributed by atoms with van der Waals surface area (Å²) in [5.41, 5.74) is 3.01. The summed E-state index contributed by atoms with van der Waals surface area (Å²) in [6.45, 7) is 2.60. The highest BCUT2D eigenvalue weighted by atomic mass is 32.1. The van der Waals surface area contributed by atoms with Gasteiger partial charge in [-0.1, -0.05) is 17.7 Å². The van der Waals surface area contributed by atoms with Gasteiger partial charge in [-0.25, -0.2) is 0 Å². The first-order valence-corrected chi connectivity index (χ1v) is 6.06. The number of nitrogens with one attached hydrogen (secondary N) is 1.